The minimum Gasteiger partial charge on any atom is -0.396 e. The van der Waals surface area contributed by atoms with Crippen molar-refractivity contribution in [2.45, 2.75) is 25.7 Å². The molecule has 3 aromatic carbocycles. The maximum Gasteiger partial charge on any atom is 0.394 e. The quantitative estimate of drug-likeness (QED) is 0.0504. The third kappa shape index (κ3) is 11.2. The van der Waals surface area contributed by atoms with Crippen molar-refractivity contribution in [1.29, 1.82) is 0 Å². The monoisotopic (exact) mass is 694 g/mol. The lowest BCUT2D eigenvalue weighted by Crippen LogP contribution is -2.38. The largest absolute Gasteiger partial charge is 0.396 e. The van der Waals surface area contributed by atoms with Crippen molar-refractivity contribution in [3.05, 3.63) is 155 Å². The van der Waals surface area contributed by atoms with Gasteiger partial charge in [0.25, 0.3) is 0 Å². The zero-order chi connectivity index (χ0) is 35.9. The first-order valence-electron chi connectivity index (χ1n) is 14.8. The third-order valence-electron chi connectivity index (χ3n) is 6.72. The Morgan fingerprint density at radius 3 is 1.61 bits per heavy atom. The van der Waals surface area contributed by atoms with Crippen molar-refractivity contribution in [1.82, 2.24) is 9.97 Å². The Bertz CT molecular complexity index is 1760. The van der Waals surface area contributed by atoms with Crippen LogP contribution in [0.1, 0.15) is 53.0 Å². The molecule has 0 fully saturated rings. The molecule has 0 atom stereocenters. The van der Waals surface area contributed by atoms with E-state index in [1.54, 1.807) is 6.07 Å². The SMILES string of the molecule is CCOC(OCC)c1cc(NC(c2ccccc2)(c2ccccc2)c2ccccc2)c(F)cn1.Nc1cc(C=O)ncc1F.O=S(=O)(O)O. The van der Waals surface area contributed by atoms with Gasteiger partial charge in [-0.1, -0.05) is 91.0 Å². The number of hydrogen-bond donors (Lipinski definition) is 4. The molecule has 14 heteroatoms. The number of aldehydes is 1. The van der Waals surface area contributed by atoms with E-state index in [9.17, 15) is 9.18 Å². The second-order valence-corrected chi connectivity index (χ2v) is 10.9. The number of hydrogen-bond acceptors (Lipinski definition) is 9. The van der Waals surface area contributed by atoms with Gasteiger partial charge in [0.05, 0.1) is 29.5 Å². The number of nitrogens with two attached hydrogens (primary N) is 1. The maximum atomic E-state index is 15.3. The Hall–Kier alpha value is -5.12. The highest BCUT2D eigenvalue weighted by Gasteiger charge is 2.37. The molecule has 0 bridgehead atoms. The Labute approximate surface area is 283 Å². The maximum absolute atomic E-state index is 15.3. The van der Waals surface area contributed by atoms with Crippen molar-refractivity contribution in [3.8, 4) is 0 Å². The van der Waals surface area contributed by atoms with Gasteiger partial charge in [-0.25, -0.2) is 8.78 Å². The highest BCUT2D eigenvalue weighted by atomic mass is 32.3. The average molecular weight is 695 g/mol. The molecule has 0 aliphatic rings. The van der Waals surface area contributed by atoms with E-state index in [4.69, 9.17) is 32.7 Å². The minimum absolute atomic E-state index is 0.0582. The number of benzene rings is 3. The lowest BCUT2D eigenvalue weighted by Gasteiger charge is -2.38. The molecule has 2 heterocycles. The molecule has 0 amide bonds. The van der Waals surface area contributed by atoms with E-state index in [0.717, 1.165) is 22.9 Å². The van der Waals surface area contributed by atoms with E-state index in [1.165, 1.54) is 12.3 Å². The van der Waals surface area contributed by atoms with E-state index < -0.39 is 33.9 Å². The fraction of sp³-hybridized carbons (Fsp3) is 0.171. The summed E-state index contributed by atoms with van der Waals surface area (Å²) in [5, 5.41) is 3.56. The number of nitrogen functional groups attached to an aromatic ring is 1. The summed E-state index contributed by atoms with van der Waals surface area (Å²) >= 11 is 0. The molecule has 5 aromatic rings. The van der Waals surface area contributed by atoms with E-state index in [2.05, 4.69) is 51.7 Å². The average Bonchev–Trinajstić information content (AvgIpc) is 3.10. The molecular formula is C35H36F2N4O7S. The summed E-state index contributed by atoms with van der Waals surface area (Å²) in [6.07, 6.45) is 1.97. The topological polar surface area (TPSA) is 174 Å². The van der Waals surface area contributed by atoms with Crippen LogP contribution in [0.2, 0.25) is 0 Å². The first kappa shape index (κ1) is 38.3. The van der Waals surface area contributed by atoms with E-state index in [-0.39, 0.29) is 11.4 Å². The van der Waals surface area contributed by atoms with Crippen LogP contribution < -0.4 is 11.1 Å². The van der Waals surface area contributed by atoms with E-state index >= 15 is 4.39 Å². The highest BCUT2D eigenvalue weighted by molar-refractivity contribution is 7.79. The highest BCUT2D eigenvalue weighted by Crippen LogP contribution is 2.40. The number of carbonyl (C=O) groups is 1. The fourth-order valence-electron chi connectivity index (χ4n) is 4.72. The summed E-state index contributed by atoms with van der Waals surface area (Å²) in [7, 11) is -4.67. The Kier molecular flexibility index (Phi) is 14.4. The number of halogens is 2. The fourth-order valence-corrected chi connectivity index (χ4v) is 4.72. The number of ether oxygens (including phenoxy) is 2. The van der Waals surface area contributed by atoms with Gasteiger partial charge in [-0.05, 0) is 42.7 Å². The molecule has 5 N–H and O–H groups in total. The summed E-state index contributed by atoms with van der Waals surface area (Å²) in [6.45, 7) is 4.68. The summed E-state index contributed by atoms with van der Waals surface area (Å²) in [5.74, 6) is -1.06. The van der Waals surface area contributed by atoms with Crippen LogP contribution in [0.5, 0.6) is 0 Å². The predicted molar refractivity (Wildman–Crippen MR) is 181 cm³/mol. The first-order valence-corrected chi connectivity index (χ1v) is 16.2. The number of carbonyl (C=O) groups excluding carboxylic acids is 1. The molecule has 11 nitrogen and oxygen atoms in total. The molecular weight excluding hydrogens is 658 g/mol. The number of pyridine rings is 2. The Morgan fingerprint density at radius 2 is 1.22 bits per heavy atom. The van der Waals surface area contributed by atoms with E-state index in [1.807, 2.05) is 68.4 Å². The van der Waals surface area contributed by atoms with Crippen LogP contribution in [0.4, 0.5) is 20.2 Å². The van der Waals surface area contributed by atoms with Crippen LogP contribution in [0, 0.1) is 11.6 Å². The van der Waals surface area contributed by atoms with Gasteiger partial charge in [0.1, 0.15) is 11.2 Å². The van der Waals surface area contributed by atoms with Crippen LogP contribution in [-0.4, -0.2) is 47.0 Å². The van der Waals surface area contributed by atoms with Gasteiger partial charge in [-0.3, -0.25) is 23.9 Å². The minimum atomic E-state index is -4.67. The second-order valence-electron chi connectivity index (χ2n) is 10.0. The lowest BCUT2D eigenvalue weighted by molar-refractivity contribution is -0.142. The van der Waals surface area contributed by atoms with Gasteiger partial charge in [0, 0.05) is 13.2 Å². The Morgan fingerprint density at radius 1 is 0.796 bits per heavy atom. The smallest absolute Gasteiger partial charge is 0.394 e. The van der Waals surface area contributed by atoms with Crippen LogP contribution in [-0.2, 0) is 25.4 Å². The molecule has 0 saturated carbocycles. The van der Waals surface area contributed by atoms with E-state index in [0.29, 0.717) is 30.9 Å². The molecule has 49 heavy (non-hydrogen) atoms. The van der Waals surface area contributed by atoms with Crippen LogP contribution in [0.15, 0.2) is 116 Å². The first-order chi connectivity index (χ1) is 23.4. The van der Waals surface area contributed by atoms with Gasteiger partial charge in [0.15, 0.2) is 17.9 Å². The summed E-state index contributed by atoms with van der Waals surface area (Å²) < 4.78 is 70.6. The second kappa shape index (κ2) is 18.4. The standard InChI is InChI=1S/C29H29FN2O2.C6H5FN2O.H2O4S/c1-3-33-28(34-4-2)27-20-26(25(30)21-31-27)32-29(22-14-8-5-9-15-22,23-16-10-6-11-17-23)24-18-12-7-13-19-24;7-5-2-9-4(3-10)1-6(5)8;1-5(2,3)4/h5-21,28H,3-4H2,1-2H3,(H,31,32);1-3H,(H2,8,9);(H2,1,2,3,4). The summed E-state index contributed by atoms with van der Waals surface area (Å²) in [5.41, 5.74) is 8.12. The zero-order valence-corrected chi connectivity index (χ0v) is 27.4. The zero-order valence-electron chi connectivity index (χ0n) is 26.6. The van der Waals surface area contributed by atoms with Crippen molar-refractivity contribution in [2.75, 3.05) is 24.3 Å². The van der Waals surface area contributed by atoms with Crippen molar-refractivity contribution in [2.24, 2.45) is 0 Å². The van der Waals surface area contributed by atoms with Crippen LogP contribution in [0.3, 0.4) is 0 Å². The number of rotatable bonds is 11. The van der Waals surface area contributed by atoms with Gasteiger partial charge in [-0.2, -0.15) is 8.42 Å². The summed E-state index contributed by atoms with van der Waals surface area (Å²) in [4.78, 5) is 17.7. The third-order valence-corrected chi connectivity index (χ3v) is 6.72. The number of anilines is 2. The normalized spacial score (nSPS) is 11.1. The molecule has 0 saturated heterocycles. The number of nitrogens with one attached hydrogen (secondary N) is 1. The summed E-state index contributed by atoms with van der Waals surface area (Å²) in [6, 6.07) is 33.1. The van der Waals surface area contributed by atoms with Crippen molar-refractivity contribution < 1.29 is 40.6 Å². The predicted octanol–water partition coefficient (Wildman–Crippen LogP) is 6.66. The van der Waals surface area contributed by atoms with Gasteiger partial charge >= 0.3 is 10.4 Å². The van der Waals surface area contributed by atoms with Crippen LogP contribution in [0.25, 0.3) is 0 Å². The number of nitrogens with zero attached hydrogens (tertiary/aromatic N) is 2. The Balaban J connectivity index is 0.000000359. The number of aromatic nitrogens is 2. The molecule has 0 unspecified atom stereocenters. The van der Waals surface area contributed by atoms with Gasteiger partial charge < -0.3 is 20.5 Å². The molecule has 0 aliphatic heterocycles. The van der Waals surface area contributed by atoms with Crippen LogP contribution >= 0.6 is 0 Å². The van der Waals surface area contributed by atoms with Crippen molar-refractivity contribution >= 4 is 28.1 Å². The molecule has 258 valence electrons. The van der Waals surface area contributed by atoms with Gasteiger partial charge in [-0.15, -0.1) is 0 Å². The molecule has 0 spiro atoms. The molecule has 2 aromatic heterocycles. The molecule has 0 aliphatic carbocycles. The lowest BCUT2D eigenvalue weighted by atomic mass is 9.77. The van der Waals surface area contributed by atoms with Gasteiger partial charge in [0.2, 0.25) is 6.29 Å². The van der Waals surface area contributed by atoms with Crippen molar-refractivity contribution in [3.63, 3.8) is 0 Å². The molecule has 5 rings (SSSR count). The molecule has 0 radical (unpaired) electrons.